The van der Waals surface area contributed by atoms with Gasteiger partial charge in [0.05, 0.1) is 6.04 Å². The van der Waals surface area contributed by atoms with E-state index in [1.807, 2.05) is 25.2 Å². The molecule has 0 amide bonds. The molecule has 0 fully saturated rings. The van der Waals surface area contributed by atoms with Crippen LogP contribution in [0.15, 0.2) is 30.6 Å². The molecule has 2 aromatic rings. The Bertz CT molecular complexity index is 613. The number of nitrogens with one attached hydrogen (secondary N) is 2. The van der Waals surface area contributed by atoms with E-state index in [4.69, 9.17) is 11.6 Å². The van der Waals surface area contributed by atoms with E-state index >= 15 is 0 Å². The topological polar surface area (TPSA) is 49.8 Å². The van der Waals surface area contributed by atoms with Crippen molar-refractivity contribution in [3.05, 3.63) is 46.7 Å². The van der Waals surface area contributed by atoms with Crippen molar-refractivity contribution in [3.8, 4) is 0 Å². The normalized spacial score (nSPS) is 12.3. The van der Waals surface area contributed by atoms with E-state index in [9.17, 15) is 0 Å². The molecule has 2 N–H and O–H groups in total. The Labute approximate surface area is 131 Å². The molecule has 21 heavy (non-hydrogen) atoms. The molecule has 0 radical (unpaired) electrons. The van der Waals surface area contributed by atoms with Crippen molar-refractivity contribution < 1.29 is 0 Å². The van der Waals surface area contributed by atoms with Crippen molar-refractivity contribution in [2.24, 2.45) is 0 Å². The van der Waals surface area contributed by atoms with Gasteiger partial charge in [0.15, 0.2) is 0 Å². The smallest absolute Gasteiger partial charge is 0.135 e. The lowest BCUT2D eigenvalue weighted by Crippen LogP contribution is -2.13. The third-order valence-electron chi connectivity index (χ3n) is 3.40. The van der Waals surface area contributed by atoms with Crippen LogP contribution < -0.4 is 10.6 Å². The summed E-state index contributed by atoms with van der Waals surface area (Å²) in [6.45, 7) is 6.36. The van der Waals surface area contributed by atoms with Crippen LogP contribution in [0.25, 0.3) is 0 Å². The highest BCUT2D eigenvalue weighted by atomic mass is 35.5. The minimum absolute atomic E-state index is 0.112. The Morgan fingerprint density at radius 2 is 1.81 bits per heavy atom. The summed E-state index contributed by atoms with van der Waals surface area (Å²) in [5, 5.41) is 7.33. The minimum atomic E-state index is 0.112. The molecule has 1 heterocycles. The lowest BCUT2D eigenvalue weighted by atomic mass is 10.0. The summed E-state index contributed by atoms with van der Waals surface area (Å²) < 4.78 is 0. The Morgan fingerprint density at radius 1 is 1.10 bits per heavy atom. The molecule has 1 atom stereocenters. The van der Waals surface area contributed by atoms with Crippen LogP contribution in [0.1, 0.15) is 43.9 Å². The lowest BCUT2D eigenvalue weighted by molar-refractivity contribution is 0.820. The van der Waals surface area contributed by atoms with Crippen LogP contribution in [-0.4, -0.2) is 17.0 Å². The maximum absolute atomic E-state index is 6.06. The average molecular weight is 305 g/mol. The standard InChI is InChI=1S/C16H21ClN4/c1-10(2)14-15(18-4)19-9-20-16(14)21-11(3)12-6-5-7-13(17)8-12/h5-11H,1-4H3,(H2,18,19,20,21). The second kappa shape index (κ2) is 6.76. The zero-order chi connectivity index (χ0) is 15.4. The number of hydrogen-bond donors (Lipinski definition) is 2. The van der Waals surface area contributed by atoms with E-state index in [1.54, 1.807) is 6.33 Å². The molecule has 0 aliphatic carbocycles. The molecular weight excluding hydrogens is 284 g/mol. The predicted octanol–water partition coefficient (Wildman–Crippen LogP) is 4.47. The molecule has 1 aromatic heterocycles. The van der Waals surface area contributed by atoms with E-state index in [0.29, 0.717) is 5.92 Å². The SMILES string of the molecule is CNc1ncnc(NC(C)c2cccc(Cl)c2)c1C(C)C. The molecule has 1 unspecified atom stereocenters. The number of benzene rings is 1. The Morgan fingerprint density at radius 3 is 2.43 bits per heavy atom. The van der Waals surface area contributed by atoms with E-state index in [0.717, 1.165) is 27.8 Å². The number of anilines is 2. The first-order valence-electron chi connectivity index (χ1n) is 7.07. The van der Waals surface area contributed by atoms with E-state index in [2.05, 4.69) is 47.4 Å². The summed E-state index contributed by atoms with van der Waals surface area (Å²) >= 11 is 6.06. The van der Waals surface area contributed by atoms with Gasteiger partial charge in [0.2, 0.25) is 0 Å². The summed E-state index contributed by atoms with van der Waals surface area (Å²) in [6.07, 6.45) is 1.57. The molecule has 1 aromatic carbocycles. The molecule has 0 saturated heterocycles. The number of nitrogens with zero attached hydrogens (tertiary/aromatic N) is 2. The van der Waals surface area contributed by atoms with Gasteiger partial charge in [0, 0.05) is 17.6 Å². The third-order valence-corrected chi connectivity index (χ3v) is 3.64. The van der Waals surface area contributed by atoms with Crippen molar-refractivity contribution in [1.29, 1.82) is 0 Å². The van der Waals surface area contributed by atoms with Crippen molar-refractivity contribution >= 4 is 23.2 Å². The molecule has 2 rings (SSSR count). The van der Waals surface area contributed by atoms with Gasteiger partial charge in [-0.2, -0.15) is 0 Å². The van der Waals surface area contributed by atoms with Crippen molar-refractivity contribution in [3.63, 3.8) is 0 Å². The van der Waals surface area contributed by atoms with Gasteiger partial charge in [0.1, 0.15) is 18.0 Å². The first-order chi connectivity index (χ1) is 10.0. The monoisotopic (exact) mass is 304 g/mol. The highest BCUT2D eigenvalue weighted by Crippen LogP contribution is 2.30. The van der Waals surface area contributed by atoms with Crippen molar-refractivity contribution in [1.82, 2.24) is 9.97 Å². The van der Waals surface area contributed by atoms with Gasteiger partial charge in [-0.1, -0.05) is 37.6 Å². The van der Waals surface area contributed by atoms with Crippen LogP contribution in [0.4, 0.5) is 11.6 Å². The second-order valence-electron chi connectivity index (χ2n) is 5.31. The highest BCUT2D eigenvalue weighted by Gasteiger charge is 2.16. The number of hydrogen-bond acceptors (Lipinski definition) is 4. The number of halogens is 1. The van der Waals surface area contributed by atoms with Crippen LogP contribution in [0, 0.1) is 0 Å². The van der Waals surface area contributed by atoms with E-state index < -0.39 is 0 Å². The minimum Gasteiger partial charge on any atom is -0.373 e. The van der Waals surface area contributed by atoms with Crippen LogP contribution >= 0.6 is 11.6 Å². The molecule has 0 aliphatic heterocycles. The van der Waals surface area contributed by atoms with Crippen molar-refractivity contribution in [2.75, 3.05) is 17.7 Å². The molecule has 0 saturated carbocycles. The fourth-order valence-corrected chi connectivity index (χ4v) is 2.52. The van der Waals surface area contributed by atoms with Gasteiger partial charge in [-0.3, -0.25) is 0 Å². The fraction of sp³-hybridized carbons (Fsp3) is 0.375. The van der Waals surface area contributed by atoms with E-state index in [-0.39, 0.29) is 6.04 Å². The largest absolute Gasteiger partial charge is 0.373 e. The lowest BCUT2D eigenvalue weighted by Gasteiger charge is -2.20. The molecule has 0 spiro atoms. The van der Waals surface area contributed by atoms with Gasteiger partial charge in [-0.05, 0) is 30.5 Å². The quantitative estimate of drug-likeness (QED) is 0.856. The molecule has 4 nitrogen and oxygen atoms in total. The van der Waals surface area contributed by atoms with Crippen LogP contribution in [0.3, 0.4) is 0 Å². The zero-order valence-electron chi connectivity index (χ0n) is 12.8. The summed E-state index contributed by atoms with van der Waals surface area (Å²) in [4.78, 5) is 8.69. The maximum Gasteiger partial charge on any atom is 0.135 e. The predicted molar refractivity (Wildman–Crippen MR) is 89.2 cm³/mol. The number of rotatable bonds is 5. The van der Waals surface area contributed by atoms with E-state index in [1.165, 1.54) is 0 Å². The van der Waals surface area contributed by atoms with Gasteiger partial charge in [-0.25, -0.2) is 9.97 Å². The van der Waals surface area contributed by atoms with Crippen LogP contribution in [-0.2, 0) is 0 Å². The summed E-state index contributed by atoms with van der Waals surface area (Å²) in [6, 6.07) is 7.97. The van der Waals surface area contributed by atoms with Gasteiger partial charge >= 0.3 is 0 Å². The molecule has 112 valence electrons. The van der Waals surface area contributed by atoms with Crippen LogP contribution in [0.2, 0.25) is 5.02 Å². The fourth-order valence-electron chi connectivity index (χ4n) is 2.32. The first-order valence-corrected chi connectivity index (χ1v) is 7.45. The highest BCUT2D eigenvalue weighted by molar-refractivity contribution is 6.30. The van der Waals surface area contributed by atoms with Crippen molar-refractivity contribution in [2.45, 2.75) is 32.7 Å². The van der Waals surface area contributed by atoms with Gasteiger partial charge < -0.3 is 10.6 Å². The zero-order valence-corrected chi connectivity index (χ0v) is 13.6. The molecule has 5 heteroatoms. The maximum atomic E-state index is 6.06. The summed E-state index contributed by atoms with van der Waals surface area (Å²) in [7, 11) is 1.87. The summed E-state index contributed by atoms with van der Waals surface area (Å²) in [5.74, 6) is 2.04. The van der Waals surface area contributed by atoms with Gasteiger partial charge in [0.25, 0.3) is 0 Å². The Kier molecular flexibility index (Phi) is 5.02. The summed E-state index contributed by atoms with van der Waals surface area (Å²) in [5.41, 5.74) is 2.22. The van der Waals surface area contributed by atoms with Gasteiger partial charge in [-0.15, -0.1) is 0 Å². The molecule has 0 aliphatic rings. The molecule has 0 bridgehead atoms. The Balaban J connectivity index is 2.31. The Hall–Kier alpha value is -1.81. The average Bonchev–Trinajstić information content (AvgIpc) is 2.46. The second-order valence-corrected chi connectivity index (χ2v) is 5.75. The number of aromatic nitrogens is 2. The third kappa shape index (κ3) is 3.64. The van der Waals surface area contributed by atoms with Crippen LogP contribution in [0.5, 0.6) is 0 Å². The first kappa shape index (κ1) is 15.6. The molecular formula is C16H21ClN4.